The summed E-state index contributed by atoms with van der Waals surface area (Å²) in [7, 11) is 1.32. The van der Waals surface area contributed by atoms with Crippen LogP contribution in [-0.4, -0.2) is 19.6 Å². The van der Waals surface area contributed by atoms with Crippen LogP contribution in [0.1, 0.15) is 34.8 Å². The Kier molecular flexibility index (Phi) is 5.45. The summed E-state index contributed by atoms with van der Waals surface area (Å²) >= 11 is 9.69. The van der Waals surface area contributed by atoms with Gasteiger partial charge in [-0.05, 0) is 36.4 Å². The van der Waals surface area contributed by atoms with Crippen molar-refractivity contribution in [3.8, 4) is 0 Å². The van der Waals surface area contributed by atoms with Gasteiger partial charge in [-0.1, -0.05) is 40.5 Å². The zero-order valence-corrected chi connectivity index (χ0v) is 14.0. The summed E-state index contributed by atoms with van der Waals surface area (Å²) in [6.45, 7) is 2.72. The number of rotatable bonds is 5. The molecule has 0 aliphatic rings. The molecule has 0 amide bonds. The molecule has 0 radical (unpaired) electrons. The zero-order chi connectivity index (χ0) is 15.4. The number of furan rings is 1. The summed E-state index contributed by atoms with van der Waals surface area (Å²) in [6, 6.07) is 8.77. The molecule has 1 atom stereocenters. The first kappa shape index (κ1) is 16.1. The van der Waals surface area contributed by atoms with Crippen LogP contribution in [0, 0.1) is 0 Å². The van der Waals surface area contributed by atoms with E-state index in [0.29, 0.717) is 10.8 Å². The summed E-state index contributed by atoms with van der Waals surface area (Å²) < 4.78 is 11.1. The highest BCUT2D eigenvalue weighted by Crippen LogP contribution is 2.31. The third-order valence-electron chi connectivity index (χ3n) is 2.98. The van der Waals surface area contributed by atoms with E-state index in [-0.39, 0.29) is 11.8 Å². The molecule has 6 heteroatoms. The predicted octanol–water partition coefficient (Wildman–Crippen LogP) is 4.18. The molecule has 0 aliphatic heterocycles. The smallest absolute Gasteiger partial charge is 0.373 e. The summed E-state index contributed by atoms with van der Waals surface area (Å²) in [6.07, 6.45) is 0. The molecule has 112 valence electrons. The first-order valence-electron chi connectivity index (χ1n) is 6.43. The highest BCUT2D eigenvalue weighted by Gasteiger charge is 2.21. The molecule has 1 N–H and O–H groups in total. The Bertz CT molecular complexity index is 642. The molecule has 2 aromatic rings. The van der Waals surface area contributed by atoms with Crippen molar-refractivity contribution < 1.29 is 13.9 Å². The molecule has 2 rings (SSSR count). The van der Waals surface area contributed by atoms with Crippen LogP contribution >= 0.6 is 27.5 Å². The third kappa shape index (κ3) is 3.67. The van der Waals surface area contributed by atoms with Gasteiger partial charge in [0.15, 0.2) is 0 Å². The molecule has 4 nitrogen and oxygen atoms in total. The minimum atomic E-state index is -0.501. The van der Waals surface area contributed by atoms with E-state index in [1.807, 2.05) is 25.1 Å². The molecule has 0 saturated carbocycles. The lowest BCUT2D eigenvalue weighted by Crippen LogP contribution is -2.21. The number of halogens is 2. The van der Waals surface area contributed by atoms with E-state index < -0.39 is 5.97 Å². The van der Waals surface area contributed by atoms with Crippen molar-refractivity contribution in [1.82, 2.24) is 5.32 Å². The third-order valence-corrected chi connectivity index (χ3v) is 3.80. The second kappa shape index (κ2) is 7.11. The highest BCUT2D eigenvalue weighted by atomic mass is 79.9. The number of nitrogens with one attached hydrogen (secondary N) is 1. The minimum Gasteiger partial charge on any atom is -0.463 e. The van der Waals surface area contributed by atoms with Gasteiger partial charge in [0.1, 0.15) is 5.76 Å². The van der Waals surface area contributed by atoms with Gasteiger partial charge in [0.25, 0.3) is 0 Å². The summed E-state index contributed by atoms with van der Waals surface area (Å²) in [4.78, 5) is 11.5. The topological polar surface area (TPSA) is 51.5 Å². The van der Waals surface area contributed by atoms with Crippen LogP contribution in [0.2, 0.25) is 5.02 Å². The van der Waals surface area contributed by atoms with Gasteiger partial charge in [-0.3, -0.25) is 0 Å². The van der Waals surface area contributed by atoms with Crippen LogP contribution in [0.4, 0.5) is 0 Å². The van der Waals surface area contributed by atoms with E-state index in [2.05, 4.69) is 26.0 Å². The van der Waals surface area contributed by atoms with Gasteiger partial charge in [-0.25, -0.2) is 4.79 Å². The molecule has 1 heterocycles. The van der Waals surface area contributed by atoms with Crippen LogP contribution in [0.25, 0.3) is 0 Å². The van der Waals surface area contributed by atoms with Crippen molar-refractivity contribution in [3.05, 3.63) is 56.9 Å². The van der Waals surface area contributed by atoms with Crippen LogP contribution in [0.3, 0.4) is 0 Å². The van der Waals surface area contributed by atoms with E-state index in [4.69, 9.17) is 16.0 Å². The maximum absolute atomic E-state index is 11.5. The Hall–Kier alpha value is -1.30. The molecule has 0 spiro atoms. The van der Waals surface area contributed by atoms with E-state index in [0.717, 1.165) is 16.6 Å². The van der Waals surface area contributed by atoms with Crippen molar-refractivity contribution in [2.24, 2.45) is 0 Å². The van der Waals surface area contributed by atoms with Crippen LogP contribution in [0.5, 0.6) is 0 Å². The van der Waals surface area contributed by atoms with Crippen molar-refractivity contribution in [1.29, 1.82) is 0 Å². The van der Waals surface area contributed by atoms with E-state index in [1.54, 1.807) is 12.1 Å². The summed E-state index contributed by atoms with van der Waals surface area (Å²) in [5.41, 5.74) is 0.882. The molecule has 1 aromatic carbocycles. The number of benzene rings is 1. The number of methoxy groups -OCH3 is 1. The van der Waals surface area contributed by atoms with Crippen molar-refractivity contribution in [2.75, 3.05) is 13.7 Å². The quantitative estimate of drug-likeness (QED) is 0.800. The molecule has 0 bridgehead atoms. The van der Waals surface area contributed by atoms with Crippen LogP contribution in [0.15, 0.2) is 39.2 Å². The number of hydrogen-bond donors (Lipinski definition) is 1. The maximum atomic E-state index is 11.5. The Labute approximate surface area is 136 Å². The second-order valence-corrected chi connectivity index (χ2v) is 5.67. The Morgan fingerprint density at radius 2 is 2.19 bits per heavy atom. The van der Waals surface area contributed by atoms with Gasteiger partial charge < -0.3 is 14.5 Å². The number of ether oxygens (including phenoxy) is 1. The lowest BCUT2D eigenvalue weighted by atomic mass is 10.0. The van der Waals surface area contributed by atoms with Gasteiger partial charge in [0, 0.05) is 9.50 Å². The number of esters is 1. The monoisotopic (exact) mass is 371 g/mol. The van der Waals surface area contributed by atoms with Crippen LogP contribution < -0.4 is 5.32 Å². The molecule has 0 aliphatic carbocycles. The average Bonchev–Trinajstić information content (AvgIpc) is 2.94. The molecular weight excluding hydrogens is 358 g/mol. The molecule has 0 fully saturated rings. The number of carbonyl (C=O) groups excluding carboxylic acids is 1. The molecule has 0 saturated heterocycles. The minimum absolute atomic E-state index is 0.170. The molecule has 1 unspecified atom stereocenters. The van der Waals surface area contributed by atoms with Crippen LogP contribution in [-0.2, 0) is 4.74 Å². The van der Waals surface area contributed by atoms with E-state index >= 15 is 0 Å². The fraction of sp³-hybridized carbons (Fsp3) is 0.267. The van der Waals surface area contributed by atoms with Gasteiger partial charge in [0.05, 0.1) is 13.2 Å². The Balaban J connectivity index is 2.38. The predicted molar refractivity (Wildman–Crippen MR) is 84.7 cm³/mol. The second-order valence-electron chi connectivity index (χ2n) is 4.35. The number of hydrogen-bond acceptors (Lipinski definition) is 4. The van der Waals surface area contributed by atoms with Gasteiger partial charge in [0.2, 0.25) is 5.76 Å². The van der Waals surface area contributed by atoms with E-state index in [9.17, 15) is 4.79 Å². The largest absolute Gasteiger partial charge is 0.463 e. The number of carbonyl (C=O) groups is 1. The van der Waals surface area contributed by atoms with E-state index in [1.165, 1.54) is 7.11 Å². The standard InChI is InChI=1S/C15H15BrClNO3/c1-3-18-14(10-5-4-9(16)8-11(10)17)12-6-7-13(21-12)15(19)20-2/h4-8,14,18H,3H2,1-2H3. The molecule has 21 heavy (non-hydrogen) atoms. The summed E-state index contributed by atoms with van der Waals surface area (Å²) in [5.74, 6) is 0.281. The fourth-order valence-corrected chi connectivity index (χ4v) is 2.80. The normalized spacial score (nSPS) is 12.2. The zero-order valence-electron chi connectivity index (χ0n) is 11.7. The van der Waals surface area contributed by atoms with Gasteiger partial charge in [-0.2, -0.15) is 0 Å². The molecule has 1 aromatic heterocycles. The van der Waals surface area contributed by atoms with Gasteiger partial charge in [-0.15, -0.1) is 0 Å². The van der Waals surface area contributed by atoms with Crippen molar-refractivity contribution in [2.45, 2.75) is 13.0 Å². The first-order valence-corrected chi connectivity index (χ1v) is 7.60. The van der Waals surface area contributed by atoms with Crippen molar-refractivity contribution >= 4 is 33.5 Å². The average molecular weight is 373 g/mol. The molecular formula is C15H15BrClNO3. The van der Waals surface area contributed by atoms with Crippen molar-refractivity contribution in [3.63, 3.8) is 0 Å². The summed E-state index contributed by atoms with van der Waals surface area (Å²) in [5, 5.41) is 3.92. The fourth-order valence-electron chi connectivity index (χ4n) is 2.02. The first-order chi connectivity index (χ1) is 10.1. The lowest BCUT2D eigenvalue weighted by molar-refractivity contribution is 0.0562. The SMILES string of the molecule is CCNC(c1ccc(C(=O)OC)o1)c1ccc(Br)cc1Cl. The lowest BCUT2D eigenvalue weighted by Gasteiger charge is -2.17. The van der Waals surface area contributed by atoms with Gasteiger partial charge >= 0.3 is 5.97 Å². The Morgan fingerprint density at radius 1 is 1.43 bits per heavy atom. The highest BCUT2D eigenvalue weighted by molar-refractivity contribution is 9.10. The Morgan fingerprint density at radius 3 is 2.81 bits per heavy atom. The maximum Gasteiger partial charge on any atom is 0.373 e.